The molecule has 0 aliphatic carbocycles. The Morgan fingerprint density at radius 2 is 1.82 bits per heavy atom. The summed E-state index contributed by atoms with van der Waals surface area (Å²) in [5.41, 5.74) is 1.64. The van der Waals surface area contributed by atoms with Crippen molar-refractivity contribution in [3.8, 4) is 6.07 Å². The molecular formula is C35H38Cl2N4O4. The van der Waals surface area contributed by atoms with E-state index in [2.05, 4.69) is 15.9 Å². The number of hydrogen-bond donors (Lipinski definition) is 0. The highest BCUT2D eigenvalue weighted by Crippen LogP contribution is 2.31. The third kappa shape index (κ3) is 7.96. The van der Waals surface area contributed by atoms with Crippen molar-refractivity contribution < 1.29 is 19.1 Å². The summed E-state index contributed by atoms with van der Waals surface area (Å²) in [5.74, 6) is -0.778. The number of rotatable bonds is 10. The van der Waals surface area contributed by atoms with Crippen LogP contribution in [-0.4, -0.2) is 84.9 Å². The monoisotopic (exact) mass is 648 g/mol. The second-order valence-electron chi connectivity index (χ2n) is 11.9. The molecule has 0 radical (unpaired) electrons. The van der Waals surface area contributed by atoms with Crippen LogP contribution in [0.25, 0.3) is 10.8 Å². The predicted octanol–water partition coefficient (Wildman–Crippen LogP) is 6.28. The van der Waals surface area contributed by atoms with Gasteiger partial charge in [-0.05, 0) is 79.3 Å². The molecule has 3 aromatic carbocycles. The minimum absolute atomic E-state index is 0.166. The Morgan fingerprint density at radius 3 is 2.53 bits per heavy atom. The molecule has 5 rings (SSSR count). The average Bonchev–Trinajstić information content (AvgIpc) is 3.07. The first-order valence-electron chi connectivity index (χ1n) is 15.5. The quantitative estimate of drug-likeness (QED) is 0.240. The molecule has 8 nitrogen and oxygen atoms in total. The van der Waals surface area contributed by atoms with Crippen molar-refractivity contribution >= 4 is 51.8 Å². The zero-order valence-corrected chi connectivity index (χ0v) is 27.0. The number of halogens is 2. The summed E-state index contributed by atoms with van der Waals surface area (Å²) in [5, 5.41) is 12.0. The van der Waals surface area contributed by atoms with Crippen LogP contribution in [0, 0.1) is 11.3 Å². The van der Waals surface area contributed by atoms with E-state index in [0.29, 0.717) is 45.4 Å². The summed E-state index contributed by atoms with van der Waals surface area (Å²) in [6.07, 6.45) is 5.31. The number of amides is 2. The van der Waals surface area contributed by atoms with Crippen LogP contribution in [0.15, 0.2) is 54.6 Å². The fourth-order valence-electron chi connectivity index (χ4n) is 6.56. The van der Waals surface area contributed by atoms with Crippen LogP contribution < -0.4 is 0 Å². The summed E-state index contributed by atoms with van der Waals surface area (Å²) in [6, 6.07) is 18.7. The standard InChI is InChI=1S/C35H38Cl2N4O4/c1-45-34(43)23-40(35(44)30-19-24(21-38)18-26-6-2-3-7-29(26)30)22-27(25-9-10-31(36)32(37)20-25)11-15-39-16-12-28(13-17-39)41-14-5-4-8-33(41)42/h2-3,6-7,9-10,18-20,27-28H,4-5,8,11-17,22-23H2,1H3. The number of methoxy groups -OCH3 is 1. The van der Waals surface area contributed by atoms with Gasteiger partial charge in [0.1, 0.15) is 6.54 Å². The van der Waals surface area contributed by atoms with Gasteiger partial charge in [-0.2, -0.15) is 5.26 Å². The number of ether oxygens (including phenoxy) is 1. The Labute approximate surface area is 274 Å². The number of esters is 1. The smallest absolute Gasteiger partial charge is 0.325 e. The van der Waals surface area contributed by atoms with E-state index < -0.39 is 5.97 Å². The maximum atomic E-state index is 14.2. The van der Waals surface area contributed by atoms with Crippen molar-refractivity contribution in [1.29, 1.82) is 5.26 Å². The molecule has 0 spiro atoms. The average molecular weight is 650 g/mol. The number of fused-ring (bicyclic) bond motifs is 1. The molecule has 2 heterocycles. The molecule has 236 valence electrons. The summed E-state index contributed by atoms with van der Waals surface area (Å²) >= 11 is 12.7. The Morgan fingerprint density at radius 1 is 1.04 bits per heavy atom. The molecule has 2 aliphatic rings. The fourth-order valence-corrected chi connectivity index (χ4v) is 6.87. The van der Waals surface area contributed by atoms with Gasteiger partial charge in [0.25, 0.3) is 5.91 Å². The fraction of sp³-hybridized carbons (Fsp3) is 0.429. The Balaban J connectivity index is 1.38. The second-order valence-corrected chi connectivity index (χ2v) is 12.7. The van der Waals surface area contributed by atoms with Crippen LogP contribution in [-0.2, 0) is 14.3 Å². The van der Waals surface area contributed by atoms with Crippen LogP contribution in [0.3, 0.4) is 0 Å². The number of benzene rings is 3. The SMILES string of the molecule is COC(=O)CN(CC(CCN1CCC(N2CCCCC2=O)CC1)c1ccc(Cl)c(Cl)c1)C(=O)c1cc(C#N)cc2ccccc12. The molecule has 2 fully saturated rings. The van der Waals surface area contributed by atoms with E-state index in [1.54, 1.807) is 18.2 Å². The summed E-state index contributed by atoms with van der Waals surface area (Å²) in [6.45, 7) is 3.40. The lowest BCUT2D eigenvalue weighted by molar-refractivity contribution is -0.141. The predicted molar refractivity (Wildman–Crippen MR) is 175 cm³/mol. The molecular weight excluding hydrogens is 611 g/mol. The molecule has 1 unspecified atom stereocenters. The van der Waals surface area contributed by atoms with E-state index >= 15 is 0 Å². The molecule has 0 saturated carbocycles. The van der Waals surface area contributed by atoms with E-state index in [1.165, 1.54) is 12.0 Å². The Hall–Kier alpha value is -3.64. The zero-order chi connectivity index (χ0) is 31.9. The first-order valence-corrected chi connectivity index (χ1v) is 16.3. The Bertz CT molecular complexity index is 1600. The van der Waals surface area contributed by atoms with E-state index in [-0.39, 0.29) is 30.8 Å². The molecule has 2 amide bonds. The molecule has 2 aliphatic heterocycles. The van der Waals surface area contributed by atoms with Crippen LogP contribution in [0.2, 0.25) is 10.0 Å². The minimum atomic E-state index is -0.536. The van der Waals surface area contributed by atoms with E-state index in [9.17, 15) is 19.6 Å². The molecule has 45 heavy (non-hydrogen) atoms. The van der Waals surface area contributed by atoms with Crippen molar-refractivity contribution in [1.82, 2.24) is 14.7 Å². The van der Waals surface area contributed by atoms with Crippen molar-refractivity contribution in [3.05, 3.63) is 81.3 Å². The zero-order valence-electron chi connectivity index (χ0n) is 25.5. The number of hydrogen-bond acceptors (Lipinski definition) is 6. The molecule has 0 bridgehead atoms. The van der Waals surface area contributed by atoms with Gasteiger partial charge in [0, 0.05) is 50.1 Å². The lowest BCUT2D eigenvalue weighted by Gasteiger charge is -2.40. The molecule has 0 aromatic heterocycles. The first kappa shape index (κ1) is 32.7. The number of piperidine rings is 2. The molecule has 10 heteroatoms. The van der Waals surface area contributed by atoms with E-state index in [1.807, 2.05) is 36.4 Å². The number of nitrogens with zero attached hydrogens (tertiary/aromatic N) is 4. The number of carbonyl (C=O) groups is 3. The van der Waals surface area contributed by atoms with Gasteiger partial charge in [0.15, 0.2) is 0 Å². The molecule has 3 aromatic rings. The van der Waals surface area contributed by atoms with Crippen LogP contribution in [0.1, 0.15) is 65.9 Å². The van der Waals surface area contributed by atoms with Gasteiger partial charge in [0.05, 0.1) is 28.8 Å². The van der Waals surface area contributed by atoms with E-state index in [0.717, 1.165) is 62.8 Å². The topological polar surface area (TPSA) is 93.9 Å². The maximum absolute atomic E-state index is 14.2. The van der Waals surface area contributed by atoms with Crippen LogP contribution >= 0.6 is 23.2 Å². The van der Waals surface area contributed by atoms with Crippen molar-refractivity contribution in [2.75, 3.05) is 46.4 Å². The van der Waals surface area contributed by atoms with Crippen molar-refractivity contribution in [2.45, 2.75) is 50.5 Å². The van der Waals surface area contributed by atoms with Gasteiger partial charge in [-0.25, -0.2) is 0 Å². The number of carbonyl (C=O) groups excluding carboxylic acids is 3. The van der Waals surface area contributed by atoms with Crippen molar-refractivity contribution in [3.63, 3.8) is 0 Å². The maximum Gasteiger partial charge on any atom is 0.325 e. The highest BCUT2D eigenvalue weighted by molar-refractivity contribution is 6.42. The van der Waals surface area contributed by atoms with E-state index in [4.69, 9.17) is 27.9 Å². The molecule has 0 N–H and O–H groups in total. The summed E-state index contributed by atoms with van der Waals surface area (Å²) in [7, 11) is 1.30. The third-order valence-corrected chi connectivity index (χ3v) is 9.80. The summed E-state index contributed by atoms with van der Waals surface area (Å²) in [4.78, 5) is 45.3. The highest BCUT2D eigenvalue weighted by Gasteiger charge is 2.31. The first-order chi connectivity index (χ1) is 21.8. The molecule has 2 saturated heterocycles. The minimum Gasteiger partial charge on any atom is -0.468 e. The van der Waals surface area contributed by atoms with Gasteiger partial charge in [-0.3, -0.25) is 14.4 Å². The van der Waals surface area contributed by atoms with Gasteiger partial charge in [-0.15, -0.1) is 0 Å². The lowest BCUT2D eigenvalue weighted by Crippen LogP contribution is -2.49. The van der Waals surface area contributed by atoms with Crippen LogP contribution in [0.5, 0.6) is 0 Å². The van der Waals surface area contributed by atoms with Gasteiger partial charge in [0.2, 0.25) is 5.91 Å². The summed E-state index contributed by atoms with van der Waals surface area (Å²) < 4.78 is 4.98. The van der Waals surface area contributed by atoms with Gasteiger partial charge < -0.3 is 19.4 Å². The number of nitriles is 1. The normalized spacial score (nSPS) is 16.8. The third-order valence-electron chi connectivity index (χ3n) is 9.06. The number of likely N-dealkylation sites (tertiary alicyclic amines) is 2. The molecule has 1 atom stereocenters. The lowest BCUT2D eigenvalue weighted by atomic mass is 9.93. The highest BCUT2D eigenvalue weighted by atomic mass is 35.5. The Kier molecular flexibility index (Phi) is 11.0. The van der Waals surface area contributed by atoms with Gasteiger partial charge in [-0.1, -0.05) is 53.5 Å². The largest absolute Gasteiger partial charge is 0.468 e. The van der Waals surface area contributed by atoms with Crippen LogP contribution in [0.4, 0.5) is 0 Å². The van der Waals surface area contributed by atoms with Gasteiger partial charge >= 0.3 is 5.97 Å². The second kappa shape index (κ2) is 15.1. The van der Waals surface area contributed by atoms with Crippen molar-refractivity contribution in [2.24, 2.45) is 0 Å².